The van der Waals surface area contributed by atoms with E-state index in [-0.39, 0.29) is 24.0 Å². The summed E-state index contributed by atoms with van der Waals surface area (Å²) < 4.78 is 1.97. The summed E-state index contributed by atoms with van der Waals surface area (Å²) in [5, 5.41) is 11.2. The van der Waals surface area contributed by atoms with E-state index >= 15 is 0 Å². The predicted molar refractivity (Wildman–Crippen MR) is 122 cm³/mol. The maximum atomic E-state index is 12.3. The molecule has 1 aliphatic carbocycles. The maximum absolute atomic E-state index is 12.3. The van der Waals surface area contributed by atoms with Crippen molar-refractivity contribution in [2.24, 2.45) is 10.9 Å². The molecule has 2 N–H and O–H groups in total. The molecular weight excluding hydrogens is 483 g/mol. The summed E-state index contributed by atoms with van der Waals surface area (Å²) in [7, 11) is 1.81. The van der Waals surface area contributed by atoms with E-state index in [1.807, 2.05) is 11.7 Å². The van der Waals surface area contributed by atoms with Gasteiger partial charge in [-0.15, -0.1) is 24.0 Å². The van der Waals surface area contributed by atoms with Gasteiger partial charge in [-0.25, -0.2) is 9.67 Å². The zero-order valence-electron chi connectivity index (χ0n) is 17.2. The molecule has 9 nitrogen and oxygen atoms in total. The Balaban J connectivity index is 0.00000240. The van der Waals surface area contributed by atoms with E-state index in [2.05, 4.69) is 35.5 Å². The van der Waals surface area contributed by atoms with Crippen molar-refractivity contribution in [1.82, 2.24) is 35.2 Å². The van der Waals surface area contributed by atoms with Crippen LogP contribution in [0.25, 0.3) is 0 Å². The molecule has 162 valence electrons. The van der Waals surface area contributed by atoms with Crippen LogP contribution < -0.4 is 10.6 Å². The topological polar surface area (TPSA) is 90.7 Å². The first-order chi connectivity index (χ1) is 13.7. The zero-order chi connectivity index (χ0) is 19.3. The van der Waals surface area contributed by atoms with Crippen molar-refractivity contribution in [2.45, 2.75) is 44.7 Å². The summed E-state index contributed by atoms with van der Waals surface area (Å²) in [6.45, 7) is 6.29. The summed E-state index contributed by atoms with van der Waals surface area (Å²) in [6, 6.07) is 0.321. The minimum Gasteiger partial charge on any atom is -0.355 e. The van der Waals surface area contributed by atoms with Crippen molar-refractivity contribution < 1.29 is 4.79 Å². The average Bonchev–Trinajstić information content (AvgIpc) is 3.14. The van der Waals surface area contributed by atoms with Gasteiger partial charge in [-0.3, -0.25) is 14.7 Å². The number of hydrogen-bond acceptors (Lipinski definition) is 5. The molecule has 3 aliphatic rings. The van der Waals surface area contributed by atoms with Crippen LogP contribution in [0.15, 0.2) is 11.3 Å². The van der Waals surface area contributed by atoms with Gasteiger partial charge in [0.1, 0.15) is 12.2 Å². The number of guanidine groups is 1. The van der Waals surface area contributed by atoms with Gasteiger partial charge < -0.3 is 15.5 Å². The molecule has 0 radical (unpaired) electrons. The van der Waals surface area contributed by atoms with Crippen molar-refractivity contribution in [3.63, 3.8) is 0 Å². The highest BCUT2D eigenvalue weighted by Crippen LogP contribution is 2.28. The number of nitrogens with zero attached hydrogens (tertiary/aromatic N) is 6. The van der Waals surface area contributed by atoms with E-state index < -0.39 is 0 Å². The van der Waals surface area contributed by atoms with Gasteiger partial charge >= 0.3 is 0 Å². The van der Waals surface area contributed by atoms with E-state index in [0.29, 0.717) is 17.9 Å². The number of hydrogen-bond donors (Lipinski definition) is 2. The number of nitrogens with one attached hydrogen (secondary N) is 2. The Hall–Kier alpha value is -1.43. The Morgan fingerprint density at radius 2 is 2.03 bits per heavy atom. The van der Waals surface area contributed by atoms with E-state index in [1.54, 1.807) is 6.33 Å². The molecule has 1 saturated heterocycles. The van der Waals surface area contributed by atoms with Crippen LogP contribution in [-0.4, -0.2) is 88.8 Å². The van der Waals surface area contributed by atoms with Crippen molar-refractivity contribution in [3.8, 4) is 0 Å². The Kier molecular flexibility index (Phi) is 8.10. The second kappa shape index (κ2) is 10.6. The molecular formula is C19H33IN8O. The van der Waals surface area contributed by atoms with Gasteiger partial charge in [0.2, 0.25) is 5.91 Å². The third-order valence-corrected chi connectivity index (χ3v) is 6.23. The third kappa shape index (κ3) is 5.59. The first-order valence-electron chi connectivity index (χ1n) is 10.6. The second-order valence-electron chi connectivity index (χ2n) is 8.03. The summed E-state index contributed by atoms with van der Waals surface area (Å²) in [4.78, 5) is 25.5. The smallest absolute Gasteiger partial charge is 0.225 e. The largest absolute Gasteiger partial charge is 0.355 e. The van der Waals surface area contributed by atoms with Gasteiger partial charge in [0.25, 0.3) is 0 Å². The fourth-order valence-electron chi connectivity index (χ4n) is 4.18. The molecule has 0 aromatic carbocycles. The maximum Gasteiger partial charge on any atom is 0.225 e. The molecule has 0 bridgehead atoms. The second-order valence-corrected chi connectivity index (χ2v) is 8.03. The molecule has 1 aromatic heterocycles. The Bertz CT molecular complexity index is 696. The molecule has 4 rings (SSSR count). The van der Waals surface area contributed by atoms with Crippen LogP contribution in [0.4, 0.5) is 0 Å². The van der Waals surface area contributed by atoms with E-state index in [4.69, 9.17) is 0 Å². The lowest BCUT2D eigenvalue weighted by molar-refractivity contribution is -0.139. The minimum atomic E-state index is 0. The van der Waals surface area contributed by atoms with Crippen molar-refractivity contribution in [3.05, 3.63) is 12.2 Å². The van der Waals surface area contributed by atoms with Gasteiger partial charge in [-0.05, 0) is 19.3 Å². The van der Waals surface area contributed by atoms with Crippen LogP contribution in [0.1, 0.15) is 31.5 Å². The van der Waals surface area contributed by atoms with Gasteiger partial charge in [-0.2, -0.15) is 5.10 Å². The highest BCUT2D eigenvalue weighted by Gasteiger charge is 2.31. The molecule has 3 heterocycles. The van der Waals surface area contributed by atoms with Crippen LogP contribution in [0.2, 0.25) is 0 Å². The quantitative estimate of drug-likeness (QED) is 0.333. The Morgan fingerprint density at radius 1 is 1.24 bits per heavy atom. The fourth-order valence-corrected chi connectivity index (χ4v) is 4.18. The lowest BCUT2D eigenvalue weighted by atomic mass is 9.84. The minimum absolute atomic E-state index is 0. The van der Waals surface area contributed by atoms with Crippen molar-refractivity contribution in [2.75, 3.05) is 46.3 Å². The normalized spacial score (nSPS) is 23.0. The molecule has 2 fully saturated rings. The van der Waals surface area contributed by atoms with Crippen LogP contribution in [0.5, 0.6) is 0 Å². The average molecular weight is 516 g/mol. The fraction of sp³-hybridized carbons (Fsp3) is 0.789. The molecule has 2 aliphatic heterocycles. The number of carbonyl (C=O) groups excluding carboxylic acids is 1. The van der Waals surface area contributed by atoms with Crippen LogP contribution in [0.3, 0.4) is 0 Å². The monoisotopic (exact) mass is 516 g/mol. The van der Waals surface area contributed by atoms with E-state index in [0.717, 1.165) is 83.3 Å². The highest BCUT2D eigenvalue weighted by atomic mass is 127. The number of rotatable bonds is 5. The lowest BCUT2D eigenvalue weighted by Gasteiger charge is -2.38. The summed E-state index contributed by atoms with van der Waals surface area (Å²) in [5.74, 6) is 2.61. The number of halogens is 1. The predicted octanol–water partition coefficient (Wildman–Crippen LogP) is 0.320. The van der Waals surface area contributed by atoms with Crippen molar-refractivity contribution >= 4 is 35.8 Å². The molecule has 1 saturated carbocycles. The Morgan fingerprint density at radius 3 is 2.72 bits per heavy atom. The highest BCUT2D eigenvalue weighted by molar-refractivity contribution is 14.0. The number of aliphatic imine (C=N–C) groups is 1. The number of amides is 1. The van der Waals surface area contributed by atoms with E-state index in [9.17, 15) is 4.79 Å². The third-order valence-electron chi connectivity index (χ3n) is 6.23. The summed E-state index contributed by atoms with van der Waals surface area (Å²) >= 11 is 0. The molecule has 10 heteroatoms. The van der Waals surface area contributed by atoms with E-state index in [1.165, 1.54) is 6.42 Å². The summed E-state index contributed by atoms with van der Waals surface area (Å²) in [6.07, 6.45) is 7.01. The molecule has 1 amide bonds. The first-order valence-corrected chi connectivity index (χ1v) is 10.6. The number of piperazine rings is 1. The van der Waals surface area contributed by atoms with Crippen LogP contribution in [-0.2, 0) is 17.8 Å². The summed E-state index contributed by atoms with van der Waals surface area (Å²) in [5.41, 5.74) is 0. The van der Waals surface area contributed by atoms with Crippen molar-refractivity contribution in [1.29, 1.82) is 0 Å². The van der Waals surface area contributed by atoms with Gasteiger partial charge in [-0.1, -0.05) is 6.42 Å². The SMILES string of the molecule is CN=C(NCCN1CCN(C(=O)C2CCC2)CC1)NC1CCc2ncnn2C1.I. The molecule has 0 spiro atoms. The lowest BCUT2D eigenvalue weighted by Crippen LogP contribution is -2.53. The molecule has 1 unspecified atom stereocenters. The standard InChI is InChI=1S/C19H32N8O.HI/c1-20-19(24-16-5-6-17-22-14-23-27(17)13-16)21-7-8-25-9-11-26(12-10-25)18(28)15-3-2-4-15;/h14-16H,2-13H2,1H3,(H2,20,21,24);1H. The molecule has 29 heavy (non-hydrogen) atoms. The number of fused-ring (bicyclic) bond motifs is 1. The molecule has 1 aromatic rings. The number of aryl methyl sites for hydroxylation is 1. The van der Waals surface area contributed by atoms with Gasteiger partial charge in [0.15, 0.2) is 5.96 Å². The van der Waals surface area contributed by atoms with Crippen LogP contribution >= 0.6 is 24.0 Å². The molecule has 1 atom stereocenters. The zero-order valence-corrected chi connectivity index (χ0v) is 19.5. The van der Waals surface area contributed by atoms with Crippen LogP contribution in [0, 0.1) is 5.92 Å². The Labute approximate surface area is 189 Å². The first kappa shape index (κ1) is 22.3. The number of carbonyl (C=O) groups is 1. The van der Waals surface area contributed by atoms with Gasteiger partial charge in [0, 0.05) is 64.7 Å². The van der Waals surface area contributed by atoms with Gasteiger partial charge in [0.05, 0.1) is 6.54 Å². The number of aromatic nitrogens is 3.